The Morgan fingerprint density at radius 2 is 2.25 bits per heavy atom. The second-order valence-electron chi connectivity index (χ2n) is 3.52. The number of nitrogens with zero attached hydrogens (tertiary/aromatic N) is 1. The first-order chi connectivity index (χ1) is 7.70. The molecule has 0 atom stereocenters. The summed E-state index contributed by atoms with van der Waals surface area (Å²) in [6.45, 7) is 2.11. The summed E-state index contributed by atoms with van der Waals surface area (Å²) in [7, 11) is 0. The molecule has 0 saturated heterocycles. The van der Waals surface area contributed by atoms with Crippen molar-refractivity contribution in [1.82, 2.24) is 4.98 Å². The molecule has 0 radical (unpaired) electrons. The predicted octanol–water partition coefficient (Wildman–Crippen LogP) is 4.66. The molecule has 1 aromatic heterocycles. The van der Waals surface area contributed by atoms with E-state index >= 15 is 0 Å². The third-order valence-electron chi connectivity index (χ3n) is 2.22. The third-order valence-corrected chi connectivity index (χ3v) is 3.63. The van der Waals surface area contributed by atoms with E-state index in [0.29, 0.717) is 5.56 Å². The van der Waals surface area contributed by atoms with Crippen molar-refractivity contribution in [3.63, 3.8) is 0 Å². The molecule has 2 rings (SSSR count). The molecule has 1 heterocycles. The van der Waals surface area contributed by atoms with E-state index < -0.39 is 0 Å². The van der Waals surface area contributed by atoms with Crippen LogP contribution in [0.2, 0.25) is 0 Å². The predicted molar refractivity (Wildman–Crippen MR) is 69.2 cm³/mol. The second-order valence-corrected chi connectivity index (χ2v) is 5.29. The van der Waals surface area contributed by atoms with Gasteiger partial charge in [0.1, 0.15) is 10.8 Å². The fourth-order valence-electron chi connectivity index (χ4n) is 1.46. The minimum atomic E-state index is -0.222. The van der Waals surface area contributed by atoms with Crippen LogP contribution < -0.4 is 0 Å². The van der Waals surface area contributed by atoms with Crippen LogP contribution >= 0.6 is 27.3 Å². The van der Waals surface area contributed by atoms with E-state index in [-0.39, 0.29) is 5.82 Å². The van der Waals surface area contributed by atoms with Crippen LogP contribution in [0.5, 0.6) is 0 Å². The first-order valence-corrected chi connectivity index (χ1v) is 6.78. The molecule has 1 nitrogen and oxygen atoms in total. The number of benzene rings is 1. The van der Waals surface area contributed by atoms with Gasteiger partial charge in [0.05, 0.1) is 5.69 Å². The van der Waals surface area contributed by atoms with Crippen molar-refractivity contribution in [2.75, 3.05) is 0 Å². The molecule has 2 aromatic rings. The summed E-state index contributed by atoms with van der Waals surface area (Å²) < 4.78 is 14.5. The van der Waals surface area contributed by atoms with Crippen LogP contribution in [0.25, 0.3) is 10.6 Å². The van der Waals surface area contributed by atoms with E-state index in [0.717, 1.165) is 28.0 Å². The van der Waals surface area contributed by atoms with Crippen molar-refractivity contribution < 1.29 is 4.39 Å². The molecule has 0 bridgehead atoms. The first-order valence-electron chi connectivity index (χ1n) is 5.10. The number of hydrogen-bond donors (Lipinski definition) is 0. The van der Waals surface area contributed by atoms with Crippen LogP contribution in [-0.2, 0) is 6.42 Å². The van der Waals surface area contributed by atoms with Crippen LogP contribution in [0.1, 0.15) is 19.0 Å². The molecule has 0 N–H and O–H groups in total. The number of halogens is 2. The largest absolute Gasteiger partial charge is 0.241 e. The molecular weight excluding hydrogens is 289 g/mol. The lowest BCUT2D eigenvalue weighted by Crippen LogP contribution is -1.86. The molecule has 0 saturated carbocycles. The summed E-state index contributed by atoms with van der Waals surface area (Å²) in [5, 5.41) is 2.75. The van der Waals surface area contributed by atoms with Crippen molar-refractivity contribution in [2.24, 2.45) is 0 Å². The van der Waals surface area contributed by atoms with E-state index in [1.165, 1.54) is 17.4 Å². The Balaban J connectivity index is 2.38. The lowest BCUT2D eigenvalue weighted by atomic mass is 10.2. The van der Waals surface area contributed by atoms with Crippen LogP contribution in [0.4, 0.5) is 4.39 Å². The normalized spacial score (nSPS) is 10.7. The lowest BCUT2D eigenvalue weighted by molar-refractivity contribution is 0.631. The fourth-order valence-corrected chi connectivity index (χ4v) is 2.70. The maximum atomic E-state index is 13.6. The molecule has 0 amide bonds. The van der Waals surface area contributed by atoms with Crippen LogP contribution in [0.15, 0.2) is 28.1 Å². The quantitative estimate of drug-likeness (QED) is 0.803. The van der Waals surface area contributed by atoms with Gasteiger partial charge in [0.2, 0.25) is 0 Å². The molecule has 0 unspecified atom stereocenters. The van der Waals surface area contributed by atoms with Gasteiger partial charge in [-0.2, -0.15) is 0 Å². The summed E-state index contributed by atoms with van der Waals surface area (Å²) in [6, 6.07) is 4.92. The van der Waals surface area contributed by atoms with Gasteiger partial charge in [0.15, 0.2) is 0 Å². The van der Waals surface area contributed by atoms with E-state index in [9.17, 15) is 4.39 Å². The van der Waals surface area contributed by atoms with Gasteiger partial charge >= 0.3 is 0 Å². The Morgan fingerprint density at radius 1 is 1.44 bits per heavy atom. The fraction of sp³-hybridized carbons (Fsp3) is 0.250. The Labute approximate surface area is 106 Å². The Bertz CT molecular complexity index is 496. The van der Waals surface area contributed by atoms with Gasteiger partial charge in [-0.25, -0.2) is 9.37 Å². The average molecular weight is 300 g/mol. The van der Waals surface area contributed by atoms with Gasteiger partial charge in [0, 0.05) is 15.4 Å². The van der Waals surface area contributed by atoms with E-state index in [1.807, 2.05) is 5.38 Å². The summed E-state index contributed by atoms with van der Waals surface area (Å²) >= 11 is 4.83. The maximum Gasteiger partial charge on any atom is 0.133 e. The van der Waals surface area contributed by atoms with Crippen molar-refractivity contribution in [1.29, 1.82) is 0 Å². The molecular formula is C12H11BrFNS. The molecule has 0 fully saturated rings. The maximum absolute atomic E-state index is 13.6. The number of aryl methyl sites for hydroxylation is 1. The molecule has 84 valence electrons. The molecule has 1 aromatic carbocycles. The van der Waals surface area contributed by atoms with Crippen molar-refractivity contribution in [3.8, 4) is 10.6 Å². The first kappa shape index (κ1) is 11.7. The monoisotopic (exact) mass is 299 g/mol. The molecule has 0 spiro atoms. The highest BCUT2D eigenvalue weighted by molar-refractivity contribution is 9.10. The zero-order valence-electron chi connectivity index (χ0n) is 8.84. The molecule has 0 aliphatic carbocycles. The Hall–Kier alpha value is -0.740. The summed E-state index contributed by atoms with van der Waals surface area (Å²) in [5.74, 6) is -0.222. The van der Waals surface area contributed by atoms with Crippen molar-refractivity contribution in [2.45, 2.75) is 19.8 Å². The average Bonchev–Trinajstić information content (AvgIpc) is 2.71. The minimum absolute atomic E-state index is 0.222. The van der Waals surface area contributed by atoms with Crippen LogP contribution in [0, 0.1) is 5.82 Å². The van der Waals surface area contributed by atoms with Gasteiger partial charge < -0.3 is 0 Å². The summed E-state index contributed by atoms with van der Waals surface area (Å²) in [6.07, 6.45) is 2.01. The molecule has 0 aliphatic heterocycles. The number of rotatable bonds is 3. The van der Waals surface area contributed by atoms with Crippen LogP contribution in [0.3, 0.4) is 0 Å². The van der Waals surface area contributed by atoms with Gasteiger partial charge in [-0.1, -0.05) is 29.3 Å². The van der Waals surface area contributed by atoms with Crippen molar-refractivity contribution in [3.05, 3.63) is 39.6 Å². The van der Waals surface area contributed by atoms with Gasteiger partial charge in [-0.3, -0.25) is 0 Å². The summed E-state index contributed by atoms with van der Waals surface area (Å²) in [4.78, 5) is 4.43. The standard InChI is InChI=1S/C12H11BrFNS/c1-2-3-9-7-16-12(15-9)10-6-8(13)4-5-11(10)14/h4-7H,2-3H2,1H3. The zero-order valence-corrected chi connectivity index (χ0v) is 11.2. The Morgan fingerprint density at radius 3 is 3.00 bits per heavy atom. The number of hydrogen-bond acceptors (Lipinski definition) is 2. The second kappa shape index (κ2) is 5.06. The SMILES string of the molecule is CCCc1csc(-c2cc(Br)ccc2F)n1. The smallest absolute Gasteiger partial charge is 0.133 e. The highest BCUT2D eigenvalue weighted by Gasteiger charge is 2.09. The van der Waals surface area contributed by atoms with E-state index in [4.69, 9.17) is 0 Å². The Kier molecular flexibility index (Phi) is 3.71. The molecule has 0 aliphatic rings. The lowest BCUT2D eigenvalue weighted by Gasteiger charge is -1.99. The topological polar surface area (TPSA) is 12.9 Å². The zero-order chi connectivity index (χ0) is 11.5. The van der Waals surface area contributed by atoms with Crippen molar-refractivity contribution >= 4 is 27.3 Å². The number of aromatic nitrogens is 1. The number of thiazole rings is 1. The van der Waals surface area contributed by atoms with Crippen LogP contribution in [-0.4, -0.2) is 4.98 Å². The van der Waals surface area contributed by atoms with E-state index in [2.05, 4.69) is 27.8 Å². The molecule has 4 heteroatoms. The third kappa shape index (κ3) is 2.50. The van der Waals surface area contributed by atoms with E-state index in [1.54, 1.807) is 12.1 Å². The highest BCUT2D eigenvalue weighted by atomic mass is 79.9. The van der Waals surface area contributed by atoms with Gasteiger partial charge in [0.25, 0.3) is 0 Å². The van der Waals surface area contributed by atoms with Gasteiger partial charge in [-0.05, 0) is 24.6 Å². The van der Waals surface area contributed by atoms with Gasteiger partial charge in [-0.15, -0.1) is 11.3 Å². The summed E-state index contributed by atoms with van der Waals surface area (Å²) in [5.41, 5.74) is 1.61. The molecule has 16 heavy (non-hydrogen) atoms. The minimum Gasteiger partial charge on any atom is -0.241 e. The highest BCUT2D eigenvalue weighted by Crippen LogP contribution is 2.29.